The van der Waals surface area contributed by atoms with E-state index in [-0.39, 0.29) is 11.7 Å². The summed E-state index contributed by atoms with van der Waals surface area (Å²) in [5.74, 6) is 0.948. The summed E-state index contributed by atoms with van der Waals surface area (Å²) >= 11 is 11.2. The third-order valence-electron chi connectivity index (χ3n) is 4.51. The lowest BCUT2D eigenvalue weighted by Crippen LogP contribution is -2.28. The van der Waals surface area contributed by atoms with E-state index in [9.17, 15) is 4.79 Å². The molecule has 5 nitrogen and oxygen atoms in total. The highest BCUT2D eigenvalue weighted by Gasteiger charge is 2.37. The lowest BCUT2D eigenvalue weighted by molar-refractivity contribution is -0.116. The Bertz CT molecular complexity index is 933. The summed E-state index contributed by atoms with van der Waals surface area (Å²) in [7, 11) is 0. The number of carbonyl (C=O) groups excluding carboxylic acids is 1. The van der Waals surface area contributed by atoms with Gasteiger partial charge in [-0.1, -0.05) is 23.7 Å². The number of nitrogens with two attached hydrogens (primary N) is 1. The standard InChI is InChI=1S/C17H15ClN4OS/c18-9-6-4-8(5-7-9)12-13-10(2-1-3-11(13)23)20-16-14(12)15(19)21-17(24)22-16/h4-7,12H,1-3H2,(H4,19,20,21,22,24). The average Bonchev–Trinajstić information content (AvgIpc) is 2.54. The third kappa shape index (κ3) is 2.42. The molecule has 2 aromatic rings. The molecule has 0 radical (unpaired) electrons. The van der Waals surface area contributed by atoms with Crippen LogP contribution in [-0.4, -0.2) is 15.8 Å². The van der Waals surface area contributed by atoms with E-state index in [0.29, 0.717) is 27.9 Å². The number of ketones is 1. The number of nitrogen functional groups attached to an aromatic ring is 1. The summed E-state index contributed by atoms with van der Waals surface area (Å²) in [5.41, 5.74) is 9.63. The first-order valence-corrected chi connectivity index (χ1v) is 8.51. The molecule has 2 aliphatic rings. The number of nitrogens with one attached hydrogen (secondary N) is 2. The number of H-pyrrole nitrogens is 1. The summed E-state index contributed by atoms with van der Waals surface area (Å²) in [6.07, 6.45) is 2.20. The molecule has 1 aliphatic heterocycles. The minimum Gasteiger partial charge on any atom is -0.385 e. The number of halogens is 1. The van der Waals surface area contributed by atoms with Crippen molar-refractivity contribution in [3.63, 3.8) is 0 Å². The van der Waals surface area contributed by atoms with Gasteiger partial charge in [0.2, 0.25) is 0 Å². The Kier molecular flexibility index (Phi) is 3.66. The number of benzene rings is 1. The van der Waals surface area contributed by atoms with Crippen molar-refractivity contribution in [3.8, 4) is 0 Å². The molecular weight excluding hydrogens is 344 g/mol. The van der Waals surface area contributed by atoms with Gasteiger partial charge in [-0.15, -0.1) is 0 Å². The van der Waals surface area contributed by atoms with E-state index in [2.05, 4.69) is 15.3 Å². The summed E-state index contributed by atoms with van der Waals surface area (Å²) in [6.45, 7) is 0. The molecule has 4 N–H and O–H groups in total. The van der Waals surface area contributed by atoms with Crippen molar-refractivity contribution >= 4 is 41.2 Å². The van der Waals surface area contributed by atoms with Gasteiger partial charge in [0.05, 0.1) is 0 Å². The number of nitrogens with zero attached hydrogens (tertiary/aromatic N) is 1. The van der Waals surface area contributed by atoms with Crippen molar-refractivity contribution in [1.82, 2.24) is 9.97 Å². The van der Waals surface area contributed by atoms with Gasteiger partial charge in [0.15, 0.2) is 10.6 Å². The molecule has 2 heterocycles. The summed E-state index contributed by atoms with van der Waals surface area (Å²) in [4.78, 5) is 19.9. The molecular formula is C17H15ClN4OS. The summed E-state index contributed by atoms with van der Waals surface area (Å²) in [6, 6.07) is 7.49. The van der Waals surface area contributed by atoms with Gasteiger partial charge in [-0.05, 0) is 42.8 Å². The van der Waals surface area contributed by atoms with Crippen LogP contribution in [0, 0.1) is 4.77 Å². The average molecular weight is 359 g/mol. The molecule has 0 spiro atoms. The molecule has 1 aliphatic carbocycles. The zero-order valence-corrected chi connectivity index (χ0v) is 14.3. The van der Waals surface area contributed by atoms with Gasteiger partial charge in [0.1, 0.15) is 11.6 Å². The Morgan fingerprint density at radius 1 is 1.25 bits per heavy atom. The fourth-order valence-electron chi connectivity index (χ4n) is 3.49. The number of Topliss-reactive ketones (excluding diaryl/α,β-unsaturated/α-hetero) is 1. The molecule has 1 aromatic heterocycles. The zero-order chi connectivity index (χ0) is 16.8. The largest absolute Gasteiger partial charge is 0.385 e. The Hall–Kier alpha value is -2.18. The van der Waals surface area contributed by atoms with Gasteiger partial charge in [-0.25, -0.2) is 4.98 Å². The van der Waals surface area contributed by atoms with Crippen LogP contribution in [-0.2, 0) is 4.79 Å². The monoisotopic (exact) mass is 358 g/mol. The fourth-order valence-corrected chi connectivity index (χ4v) is 3.82. The van der Waals surface area contributed by atoms with Gasteiger partial charge < -0.3 is 16.0 Å². The molecule has 1 aromatic carbocycles. The van der Waals surface area contributed by atoms with E-state index in [1.54, 1.807) is 0 Å². The maximum Gasteiger partial charge on any atom is 0.200 e. The van der Waals surface area contributed by atoms with Crippen LogP contribution in [0.2, 0.25) is 5.02 Å². The van der Waals surface area contributed by atoms with Crippen LogP contribution in [0.15, 0.2) is 35.5 Å². The Morgan fingerprint density at radius 2 is 2.00 bits per heavy atom. The maximum atomic E-state index is 12.7. The predicted molar refractivity (Wildman–Crippen MR) is 96.6 cm³/mol. The van der Waals surface area contributed by atoms with Crippen LogP contribution in [0.1, 0.15) is 36.3 Å². The molecule has 7 heteroatoms. The van der Waals surface area contributed by atoms with Crippen LogP contribution in [0.5, 0.6) is 0 Å². The number of fused-ring (bicyclic) bond motifs is 1. The minimum atomic E-state index is -0.263. The van der Waals surface area contributed by atoms with E-state index in [4.69, 9.17) is 29.6 Å². The van der Waals surface area contributed by atoms with Gasteiger partial charge in [0.25, 0.3) is 0 Å². The molecule has 1 atom stereocenters. The predicted octanol–water partition coefficient (Wildman–Crippen LogP) is 3.94. The minimum absolute atomic E-state index is 0.149. The molecule has 0 bridgehead atoms. The second kappa shape index (κ2) is 5.72. The van der Waals surface area contributed by atoms with Crippen LogP contribution in [0.25, 0.3) is 0 Å². The number of hydrogen-bond acceptors (Lipinski definition) is 5. The third-order valence-corrected chi connectivity index (χ3v) is 4.95. The Labute approximate surface area is 148 Å². The highest BCUT2D eigenvalue weighted by atomic mass is 35.5. The number of anilines is 2. The number of allylic oxidation sites excluding steroid dienone is 2. The van der Waals surface area contributed by atoms with E-state index in [1.165, 1.54) is 0 Å². The molecule has 24 heavy (non-hydrogen) atoms. The summed E-state index contributed by atoms with van der Waals surface area (Å²) < 4.78 is 0.319. The van der Waals surface area contributed by atoms with Crippen molar-refractivity contribution in [2.75, 3.05) is 11.1 Å². The van der Waals surface area contributed by atoms with Crippen LogP contribution in [0.3, 0.4) is 0 Å². The van der Waals surface area contributed by atoms with Crippen LogP contribution < -0.4 is 11.1 Å². The fraction of sp³-hybridized carbons (Fsp3) is 0.235. The number of hydrogen-bond donors (Lipinski definition) is 3. The highest BCUT2D eigenvalue weighted by molar-refractivity contribution is 7.71. The number of aromatic nitrogens is 2. The maximum absolute atomic E-state index is 12.7. The van der Waals surface area contributed by atoms with Crippen molar-refractivity contribution in [2.24, 2.45) is 0 Å². The highest BCUT2D eigenvalue weighted by Crippen LogP contribution is 2.46. The van der Waals surface area contributed by atoms with E-state index < -0.39 is 0 Å². The van der Waals surface area contributed by atoms with Crippen LogP contribution in [0.4, 0.5) is 11.6 Å². The van der Waals surface area contributed by atoms with Gasteiger partial charge in [-0.2, -0.15) is 0 Å². The van der Waals surface area contributed by atoms with Crippen molar-refractivity contribution in [2.45, 2.75) is 25.2 Å². The molecule has 0 amide bonds. The van der Waals surface area contributed by atoms with E-state index >= 15 is 0 Å². The first-order chi connectivity index (χ1) is 11.5. The quantitative estimate of drug-likeness (QED) is 0.672. The number of carbonyl (C=O) groups is 1. The first kappa shape index (κ1) is 15.4. The topological polar surface area (TPSA) is 83.8 Å². The first-order valence-electron chi connectivity index (χ1n) is 7.73. The summed E-state index contributed by atoms with van der Waals surface area (Å²) in [5, 5.41) is 3.93. The Balaban J connectivity index is 1.99. The van der Waals surface area contributed by atoms with Gasteiger partial charge >= 0.3 is 0 Å². The van der Waals surface area contributed by atoms with Gasteiger partial charge in [-0.3, -0.25) is 4.79 Å². The second-order valence-corrected chi connectivity index (χ2v) is 6.82. The lowest BCUT2D eigenvalue weighted by Gasteiger charge is -2.33. The molecule has 4 rings (SSSR count). The van der Waals surface area contributed by atoms with Crippen molar-refractivity contribution < 1.29 is 4.79 Å². The van der Waals surface area contributed by atoms with E-state index in [1.807, 2.05) is 24.3 Å². The zero-order valence-electron chi connectivity index (χ0n) is 12.7. The van der Waals surface area contributed by atoms with Gasteiger partial charge in [0, 0.05) is 34.2 Å². The smallest absolute Gasteiger partial charge is 0.200 e. The molecule has 0 saturated heterocycles. The molecule has 0 saturated carbocycles. The van der Waals surface area contributed by atoms with E-state index in [0.717, 1.165) is 35.2 Å². The molecule has 122 valence electrons. The molecule has 1 unspecified atom stereocenters. The second-order valence-electron chi connectivity index (χ2n) is 6.00. The van der Waals surface area contributed by atoms with Crippen molar-refractivity contribution in [1.29, 1.82) is 0 Å². The molecule has 0 fully saturated rings. The lowest BCUT2D eigenvalue weighted by atomic mass is 9.76. The van der Waals surface area contributed by atoms with Crippen LogP contribution >= 0.6 is 23.8 Å². The SMILES string of the molecule is Nc1[nH]c(=S)nc2c1C(c1ccc(Cl)cc1)C1=C(CCCC1=O)N2. The van der Waals surface area contributed by atoms with Crippen molar-refractivity contribution in [3.05, 3.63) is 56.5 Å². The number of rotatable bonds is 1. The number of aromatic amines is 1. The normalized spacial score (nSPS) is 19.5. The Morgan fingerprint density at radius 3 is 2.75 bits per heavy atom.